The van der Waals surface area contributed by atoms with Crippen molar-refractivity contribution >= 4 is 29.2 Å². The van der Waals surface area contributed by atoms with Gasteiger partial charge in [-0.05, 0) is 54.6 Å². The molecule has 8 nitrogen and oxygen atoms in total. The van der Waals surface area contributed by atoms with Crippen molar-refractivity contribution in [3.8, 4) is 11.8 Å². The molecule has 0 atom stereocenters. The molecule has 4 amide bonds. The lowest BCUT2D eigenvalue weighted by Crippen LogP contribution is -2.46. The van der Waals surface area contributed by atoms with Gasteiger partial charge in [0.15, 0.2) is 0 Å². The van der Waals surface area contributed by atoms with Crippen molar-refractivity contribution in [3.63, 3.8) is 0 Å². The third-order valence-corrected chi connectivity index (χ3v) is 5.03. The lowest BCUT2D eigenvalue weighted by atomic mass is 10.1. The van der Waals surface area contributed by atoms with E-state index in [4.69, 9.17) is 10.00 Å². The van der Waals surface area contributed by atoms with Gasteiger partial charge >= 0.3 is 6.03 Å². The normalized spacial score (nSPS) is 12.2. The largest absolute Gasteiger partial charge is 0.497 e. The molecule has 0 saturated heterocycles. The zero-order valence-corrected chi connectivity index (χ0v) is 17.1. The smallest absolute Gasteiger partial charge is 0.327 e. The van der Waals surface area contributed by atoms with E-state index < -0.39 is 17.8 Å². The van der Waals surface area contributed by atoms with Gasteiger partial charge in [-0.1, -0.05) is 18.2 Å². The van der Waals surface area contributed by atoms with Crippen LogP contribution in [0.4, 0.5) is 16.2 Å². The highest BCUT2D eigenvalue weighted by Crippen LogP contribution is 2.26. The number of imide groups is 1. The Kier molecular flexibility index (Phi) is 5.55. The van der Waals surface area contributed by atoms with E-state index in [1.807, 2.05) is 6.07 Å². The van der Waals surface area contributed by atoms with Gasteiger partial charge in [-0.15, -0.1) is 0 Å². The summed E-state index contributed by atoms with van der Waals surface area (Å²) in [4.78, 5) is 41.2. The number of methoxy groups -OCH3 is 1. The van der Waals surface area contributed by atoms with Gasteiger partial charge in [-0.25, -0.2) is 4.79 Å². The average Bonchev–Trinajstić information content (AvgIpc) is 3.07. The van der Waals surface area contributed by atoms with Crippen molar-refractivity contribution in [2.45, 2.75) is 0 Å². The minimum absolute atomic E-state index is 0.289. The van der Waals surface area contributed by atoms with Crippen molar-refractivity contribution in [1.29, 1.82) is 5.26 Å². The quantitative estimate of drug-likeness (QED) is 0.624. The van der Waals surface area contributed by atoms with Crippen LogP contribution in [0.3, 0.4) is 0 Å². The van der Waals surface area contributed by atoms with E-state index in [1.165, 1.54) is 18.1 Å². The van der Waals surface area contributed by atoms with E-state index in [1.54, 1.807) is 66.7 Å². The first-order chi connectivity index (χ1) is 15.5. The fourth-order valence-electron chi connectivity index (χ4n) is 3.39. The number of rotatable bonds is 5. The molecule has 3 aromatic rings. The third-order valence-electron chi connectivity index (χ3n) is 5.03. The Morgan fingerprint density at radius 3 is 2.25 bits per heavy atom. The van der Waals surface area contributed by atoms with Gasteiger partial charge in [0.1, 0.15) is 12.4 Å². The molecule has 4 rings (SSSR count). The maximum Gasteiger partial charge on any atom is 0.327 e. The molecule has 0 saturated carbocycles. The minimum Gasteiger partial charge on any atom is -0.497 e. The summed E-state index contributed by atoms with van der Waals surface area (Å²) >= 11 is 0. The van der Waals surface area contributed by atoms with Crippen LogP contribution in [0.1, 0.15) is 26.3 Å². The van der Waals surface area contributed by atoms with E-state index >= 15 is 0 Å². The van der Waals surface area contributed by atoms with Gasteiger partial charge in [0.25, 0.3) is 11.8 Å². The molecule has 0 aliphatic carbocycles. The average molecular weight is 426 g/mol. The summed E-state index contributed by atoms with van der Waals surface area (Å²) in [5, 5.41) is 11.8. The van der Waals surface area contributed by atoms with Crippen LogP contribution in [0.15, 0.2) is 72.8 Å². The Morgan fingerprint density at radius 1 is 1.00 bits per heavy atom. The SMILES string of the molecule is COc1ccc(N(CN2C(=O)c3ccccc3C2=O)C(=O)Nc2cccc(C#N)c2)cc1. The van der Waals surface area contributed by atoms with Crippen molar-refractivity contribution in [3.05, 3.63) is 89.5 Å². The lowest BCUT2D eigenvalue weighted by molar-refractivity contribution is 0.0658. The van der Waals surface area contributed by atoms with E-state index in [0.717, 1.165) is 4.90 Å². The van der Waals surface area contributed by atoms with E-state index in [-0.39, 0.29) is 6.67 Å². The van der Waals surface area contributed by atoms with Gasteiger partial charge in [0.05, 0.1) is 29.9 Å². The summed E-state index contributed by atoms with van der Waals surface area (Å²) in [6, 6.07) is 21.1. The number of carbonyl (C=O) groups is 3. The number of ether oxygens (including phenoxy) is 1. The molecule has 1 N–H and O–H groups in total. The van der Waals surface area contributed by atoms with Crippen LogP contribution in [-0.2, 0) is 0 Å². The summed E-state index contributed by atoms with van der Waals surface area (Å²) < 4.78 is 5.17. The zero-order valence-electron chi connectivity index (χ0n) is 17.1. The number of urea groups is 1. The standard InChI is InChI=1S/C24H18N4O4/c1-32-19-11-9-18(10-12-19)27(24(31)26-17-6-4-5-16(13-17)14-25)15-28-22(29)20-7-2-3-8-21(20)23(28)30/h2-13H,15H2,1H3,(H,26,31). The number of nitriles is 1. The molecule has 0 fully saturated rings. The Balaban J connectivity index is 1.65. The van der Waals surface area contributed by atoms with Crippen molar-refractivity contribution in [2.24, 2.45) is 0 Å². The molecular formula is C24H18N4O4. The van der Waals surface area contributed by atoms with Crippen LogP contribution >= 0.6 is 0 Å². The lowest BCUT2D eigenvalue weighted by Gasteiger charge is -2.27. The first-order valence-electron chi connectivity index (χ1n) is 9.70. The van der Waals surface area contributed by atoms with Crippen LogP contribution in [0.5, 0.6) is 5.75 Å². The maximum absolute atomic E-state index is 13.2. The highest BCUT2D eigenvalue weighted by molar-refractivity contribution is 6.21. The molecule has 0 aromatic heterocycles. The summed E-state index contributed by atoms with van der Waals surface area (Å²) in [6.45, 7) is -0.289. The molecule has 158 valence electrons. The molecule has 1 aliphatic rings. The van der Waals surface area contributed by atoms with Crippen LogP contribution in [-0.4, -0.2) is 36.5 Å². The number of hydrogen-bond donors (Lipinski definition) is 1. The maximum atomic E-state index is 13.2. The molecule has 32 heavy (non-hydrogen) atoms. The molecule has 0 spiro atoms. The number of hydrogen-bond acceptors (Lipinski definition) is 5. The molecule has 0 bridgehead atoms. The van der Waals surface area contributed by atoms with E-state index in [0.29, 0.717) is 33.8 Å². The second-order valence-electron chi connectivity index (χ2n) is 6.97. The summed E-state index contributed by atoms with van der Waals surface area (Å²) in [7, 11) is 1.53. The molecular weight excluding hydrogens is 408 g/mol. The Hall–Kier alpha value is -4.64. The number of fused-ring (bicyclic) bond motifs is 1. The Labute approximate surface area is 184 Å². The number of nitrogens with zero attached hydrogens (tertiary/aromatic N) is 3. The second-order valence-corrected chi connectivity index (χ2v) is 6.97. The van der Waals surface area contributed by atoms with Gasteiger partial charge in [-0.2, -0.15) is 5.26 Å². The van der Waals surface area contributed by atoms with Crippen LogP contribution < -0.4 is 15.0 Å². The van der Waals surface area contributed by atoms with Crippen molar-refractivity contribution < 1.29 is 19.1 Å². The summed E-state index contributed by atoms with van der Waals surface area (Å²) in [5.74, 6) is -0.344. The van der Waals surface area contributed by atoms with Gasteiger partial charge in [0.2, 0.25) is 0 Å². The topological polar surface area (TPSA) is 103 Å². The number of nitrogens with one attached hydrogen (secondary N) is 1. The van der Waals surface area contributed by atoms with Gasteiger partial charge < -0.3 is 10.1 Å². The van der Waals surface area contributed by atoms with Crippen molar-refractivity contribution in [2.75, 3.05) is 24.0 Å². The molecule has 1 aliphatic heterocycles. The molecule has 8 heteroatoms. The monoisotopic (exact) mass is 426 g/mol. The van der Waals surface area contributed by atoms with Crippen LogP contribution in [0.2, 0.25) is 0 Å². The van der Waals surface area contributed by atoms with E-state index in [9.17, 15) is 14.4 Å². The number of anilines is 2. The predicted octanol–water partition coefficient (Wildman–Crippen LogP) is 3.86. The zero-order chi connectivity index (χ0) is 22.7. The second kappa shape index (κ2) is 8.62. The fourth-order valence-corrected chi connectivity index (χ4v) is 3.39. The predicted molar refractivity (Wildman–Crippen MR) is 117 cm³/mol. The Morgan fingerprint density at radius 2 is 1.66 bits per heavy atom. The highest BCUT2D eigenvalue weighted by Gasteiger charge is 2.37. The minimum atomic E-state index is -0.568. The highest BCUT2D eigenvalue weighted by atomic mass is 16.5. The molecule has 1 heterocycles. The first-order valence-corrected chi connectivity index (χ1v) is 9.70. The third kappa shape index (κ3) is 3.87. The number of benzene rings is 3. The van der Waals surface area contributed by atoms with Gasteiger partial charge in [-0.3, -0.25) is 19.4 Å². The van der Waals surface area contributed by atoms with E-state index in [2.05, 4.69) is 5.32 Å². The molecule has 0 radical (unpaired) electrons. The Bertz CT molecular complexity index is 1210. The first kappa shape index (κ1) is 20.6. The fraction of sp³-hybridized carbons (Fsp3) is 0.0833. The molecule has 3 aromatic carbocycles. The summed E-state index contributed by atoms with van der Waals surface area (Å²) in [5.41, 5.74) is 1.86. The van der Waals surface area contributed by atoms with Crippen LogP contribution in [0, 0.1) is 11.3 Å². The van der Waals surface area contributed by atoms with Crippen LogP contribution in [0.25, 0.3) is 0 Å². The number of carbonyl (C=O) groups excluding carboxylic acids is 3. The van der Waals surface area contributed by atoms with Crippen molar-refractivity contribution in [1.82, 2.24) is 4.90 Å². The molecule has 0 unspecified atom stereocenters. The number of amides is 4. The van der Waals surface area contributed by atoms with Gasteiger partial charge in [0, 0.05) is 11.4 Å². The summed E-state index contributed by atoms with van der Waals surface area (Å²) in [6.07, 6.45) is 0.